The summed E-state index contributed by atoms with van der Waals surface area (Å²) in [6, 6.07) is 0. The molecule has 18 heavy (non-hydrogen) atoms. The molecule has 0 aromatic heterocycles. The number of rotatable bonds is 0. The molecule has 0 amide bonds. The van der Waals surface area contributed by atoms with E-state index in [-0.39, 0.29) is 35.1 Å². The lowest BCUT2D eigenvalue weighted by atomic mass is 9.55. The van der Waals surface area contributed by atoms with Crippen molar-refractivity contribution in [1.82, 2.24) is 0 Å². The molecule has 2 saturated carbocycles. The smallest absolute Gasteiger partial charge is 0.334 e. The molecule has 3 rings (SSSR count). The highest BCUT2D eigenvalue weighted by Gasteiger charge is 2.53. The van der Waals surface area contributed by atoms with Crippen molar-refractivity contribution in [3.05, 3.63) is 24.3 Å². The number of ether oxygens (including phenoxy) is 1. The van der Waals surface area contributed by atoms with Crippen molar-refractivity contribution in [3.8, 4) is 0 Å². The van der Waals surface area contributed by atoms with Gasteiger partial charge in [0.2, 0.25) is 0 Å². The Hall–Kier alpha value is -1.38. The van der Waals surface area contributed by atoms with E-state index < -0.39 is 0 Å². The first-order chi connectivity index (χ1) is 8.42. The van der Waals surface area contributed by atoms with Crippen LogP contribution >= 0.6 is 0 Å². The first-order valence-electron chi connectivity index (χ1n) is 6.54. The first kappa shape index (κ1) is 11.7. The molecule has 0 N–H and O–H groups in total. The third kappa shape index (κ3) is 1.43. The maximum absolute atomic E-state index is 11.8. The molecule has 1 heterocycles. The van der Waals surface area contributed by atoms with Gasteiger partial charge in [-0.05, 0) is 36.2 Å². The molecular weight excluding hydrogens is 228 g/mol. The molecular formula is C15H18O3. The lowest BCUT2D eigenvalue weighted by molar-refractivity contribution is -0.143. The van der Waals surface area contributed by atoms with Crippen molar-refractivity contribution in [2.75, 3.05) is 0 Å². The van der Waals surface area contributed by atoms with E-state index in [1.165, 1.54) is 0 Å². The quantitative estimate of drug-likeness (QED) is 0.487. The van der Waals surface area contributed by atoms with E-state index in [1.807, 2.05) is 0 Å². The zero-order valence-electron chi connectivity index (χ0n) is 10.7. The summed E-state index contributed by atoms with van der Waals surface area (Å²) in [4.78, 5) is 23.4. The summed E-state index contributed by atoms with van der Waals surface area (Å²) in [5, 5.41) is 0. The van der Waals surface area contributed by atoms with Gasteiger partial charge in [-0.2, -0.15) is 0 Å². The molecule has 1 saturated heterocycles. The van der Waals surface area contributed by atoms with E-state index in [9.17, 15) is 9.59 Å². The van der Waals surface area contributed by atoms with E-state index in [0.717, 1.165) is 24.8 Å². The molecule has 4 atom stereocenters. The molecule has 3 nitrogen and oxygen atoms in total. The van der Waals surface area contributed by atoms with Crippen LogP contribution in [0, 0.1) is 17.3 Å². The highest BCUT2D eigenvalue weighted by Crippen LogP contribution is 2.55. The van der Waals surface area contributed by atoms with Crippen molar-refractivity contribution < 1.29 is 14.3 Å². The van der Waals surface area contributed by atoms with Crippen molar-refractivity contribution in [1.29, 1.82) is 0 Å². The molecule has 2 aliphatic carbocycles. The van der Waals surface area contributed by atoms with Crippen LogP contribution in [0.5, 0.6) is 0 Å². The van der Waals surface area contributed by atoms with Gasteiger partial charge in [-0.1, -0.05) is 20.1 Å². The fourth-order valence-electron chi connectivity index (χ4n) is 3.88. The number of hydrogen-bond acceptors (Lipinski definition) is 3. The molecule has 96 valence electrons. The van der Waals surface area contributed by atoms with Gasteiger partial charge in [0.15, 0.2) is 5.78 Å². The van der Waals surface area contributed by atoms with Gasteiger partial charge >= 0.3 is 5.97 Å². The van der Waals surface area contributed by atoms with Crippen LogP contribution in [0.4, 0.5) is 0 Å². The van der Waals surface area contributed by atoms with E-state index in [0.29, 0.717) is 12.0 Å². The molecule has 0 radical (unpaired) electrons. The predicted molar refractivity (Wildman–Crippen MR) is 66.7 cm³/mol. The van der Waals surface area contributed by atoms with E-state index in [4.69, 9.17) is 4.74 Å². The Morgan fingerprint density at radius 1 is 1.28 bits per heavy atom. The van der Waals surface area contributed by atoms with Gasteiger partial charge < -0.3 is 4.74 Å². The number of allylic oxidation sites excluding steroid dienone is 1. The SMILES string of the molecule is C=C1C(=O)CCC2(C)C[C@H]3OC(=O)C(=C)[C@H]3CC12. The minimum Gasteiger partial charge on any atom is -0.458 e. The van der Waals surface area contributed by atoms with Crippen LogP contribution in [0.1, 0.15) is 32.6 Å². The number of Topliss-reactive ketones (excluding diaryl/α,β-unsaturated/α-hetero) is 1. The number of fused-ring (bicyclic) bond motifs is 2. The van der Waals surface area contributed by atoms with Gasteiger partial charge in [-0.25, -0.2) is 4.79 Å². The third-order valence-electron chi connectivity index (χ3n) is 5.12. The summed E-state index contributed by atoms with van der Waals surface area (Å²) >= 11 is 0. The summed E-state index contributed by atoms with van der Waals surface area (Å²) in [5.41, 5.74) is 1.37. The molecule has 3 fully saturated rings. The Balaban J connectivity index is 1.93. The second kappa shape index (κ2) is 3.56. The van der Waals surface area contributed by atoms with Crippen LogP contribution in [-0.2, 0) is 14.3 Å². The predicted octanol–water partition coefficient (Wildman–Crippen LogP) is 2.42. The molecule has 3 aliphatic rings. The number of carbonyl (C=O) groups is 2. The Morgan fingerprint density at radius 3 is 2.72 bits per heavy atom. The van der Waals surface area contributed by atoms with E-state index >= 15 is 0 Å². The van der Waals surface area contributed by atoms with Crippen LogP contribution < -0.4 is 0 Å². The third-order valence-corrected chi connectivity index (χ3v) is 5.12. The maximum atomic E-state index is 11.8. The summed E-state index contributed by atoms with van der Waals surface area (Å²) in [6.45, 7) is 10.0. The Kier molecular flexibility index (Phi) is 2.31. The summed E-state index contributed by atoms with van der Waals surface area (Å²) in [7, 11) is 0. The van der Waals surface area contributed by atoms with Crippen molar-refractivity contribution in [2.45, 2.75) is 38.7 Å². The number of esters is 1. The van der Waals surface area contributed by atoms with Gasteiger partial charge in [0.1, 0.15) is 6.10 Å². The number of carbonyl (C=O) groups excluding carboxylic acids is 2. The summed E-state index contributed by atoms with van der Waals surface area (Å²) in [6.07, 6.45) is 3.04. The van der Waals surface area contributed by atoms with Crippen molar-refractivity contribution >= 4 is 11.8 Å². The topological polar surface area (TPSA) is 43.4 Å². The molecule has 2 unspecified atom stereocenters. The zero-order chi connectivity index (χ0) is 13.1. The second-order valence-electron chi connectivity index (χ2n) is 6.17. The average molecular weight is 246 g/mol. The Labute approximate surface area is 107 Å². The normalized spacial score (nSPS) is 43.5. The van der Waals surface area contributed by atoms with Crippen LogP contribution in [0.3, 0.4) is 0 Å². The summed E-state index contributed by atoms with van der Waals surface area (Å²) < 4.78 is 5.40. The lowest BCUT2D eigenvalue weighted by Crippen LogP contribution is -2.45. The second-order valence-corrected chi connectivity index (χ2v) is 6.17. The lowest BCUT2D eigenvalue weighted by Gasteiger charge is -2.48. The molecule has 0 aromatic rings. The minimum atomic E-state index is -0.260. The average Bonchev–Trinajstić information content (AvgIpc) is 2.58. The van der Waals surface area contributed by atoms with E-state index in [1.54, 1.807) is 0 Å². The molecule has 3 heteroatoms. The van der Waals surface area contributed by atoms with Gasteiger partial charge in [0.05, 0.1) is 0 Å². The van der Waals surface area contributed by atoms with Gasteiger partial charge in [0.25, 0.3) is 0 Å². The monoisotopic (exact) mass is 246 g/mol. The van der Waals surface area contributed by atoms with Crippen LogP contribution in [-0.4, -0.2) is 17.9 Å². The Bertz CT molecular complexity index is 476. The van der Waals surface area contributed by atoms with E-state index in [2.05, 4.69) is 20.1 Å². The van der Waals surface area contributed by atoms with Gasteiger partial charge in [-0.3, -0.25) is 4.79 Å². The number of hydrogen-bond donors (Lipinski definition) is 0. The minimum absolute atomic E-state index is 0.0350. The van der Waals surface area contributed by atoms with Crippen LogP contribution in [0.25, 0.3) is 0 Å². The van der Waals surface area contributed by atoms with Crippen LogP contribution in [0.2, 0.25) is 0 Å². The van der Waals surface area contributed by atoms with Crippen LogP contribution in [0.15, 0.2) is 24.3 Å². The first-order valence-corrected chi connectivity index (χ1v) is 6.54. The van der Waals surface area contributed by atoms with Crippen molar-refractivity contribution in [3.63, 3.8) is 0 Å². The molecule has 1 aliphatic heterocycles. The molecule has 0 bridgehead atoms. The highest BCUT2D eigenvalue weighted by molar-refractivity contribution is 5.96. The Morgan fingerprint density at radius 2 is 2.00 bits per heavy atom. The van der Waals surface area contributed by atoms with Crippen molar-refractivity contribution in [2.24, 2.45) is 17.3 Å². The largest absolute Gasteiger partial charge is 0.458 e. The maximum Gasteiger partial charge on any atom is 0.334 e. The standard InChI is InChI=1S/C15H18O3/c1-8-10-6-11-9(2)12(16)4-5-15(11,3)7-13(10)18-14(8)17/h10-11,13H,1-2,4-7H2,3H3/t10-,11?,13-,15?/m1/s1. The highest BCUT2D eigenvalue weighted by atomic mass is 16.6. The summed E-state index contributed by atoms with van der Waals surface area (Å²) in [5.74, 6) is 0.195. The molecule has 0 aromatic carbocycles. The number of ketones is 1. The fourth-order valence-corrected chi connectivity index (χ4v) is 3.88. The van der Waals surface area contributed by atoms with Gasteiger partial charge in [-0.15, -0.1) is 0 Å². The zero-order valence-corrected chi connectivity index (χ0v) is 10.7. The van der Waals surface area contributed by atoms with Gasteiger partial charge in [0, 0.05) is 17.9 Å². The fraction of sp³-hybridized carbons (Fsp3) is 0.600. The molecule has 0 spiro atoms.